The van der Waals surface area contributed by atoms with Crippen molar-refractivity contribution in [3.8, 4) is 17.2 Å². The maximum atomic E-state index is 13.3. The first-order valence-corrected chi connectivity index (χ1v) is 10.3. The first-order valence-electron chi connectivity index (χ1n) is 10.3. The van der Waals surface area contributed by atoms with E-state index < -0.39 is 0 Å². The van der Waals surface area contributed by atoms with E-state index in [1.165, 1.54) is 0 Å². The molecule has 2 aliphatic carbocycles. The Morgan fingerprint density at radius 3 is 1.84 bits per heavy atom. The van der Waals surface area contributed by atoms with Crippen molar-refractivity contribution >= 4 is 22.9 Å². The molecule has 0 atom stereocenters. The van der Waals surface area contributed by atoms with Crippen LogP contribution in [-0.2, 0) is 0 Å². The Labute approximate surface area is 184 Å². The van der Waals surface area contributed by atoms with Gasteiger partial charge in [-0.05, 0) is 24.6 Å². The number of hydrogen-bond donors (Lipinski definition) is 2. The Morgan fingerprint density at radius 2 is 1.28 bits per heavy atom. The molecule has 0 aliphatic heterocycles. The Balaban J connectivity index is 1.74. The highest BCUT2D eigenvalue weighted by atomic mass is 16.5. The molecule has 0 spiro atoms. The first kappa shape index (κ1) is 19.6. The average molecular weight is 424 g/mol. The van der Waals surface area contributed by atoms with Gasteiger partial charge in [-0.2, -0.15) is 0 Å². The summed E-state index contributed by atoms with van der Waals surface area (Å²) < 4.78 is 12.2. The largest absolute Gasteiger partial charge is 0.455 e. The van der Waals surface area contributed by atoms with Crippen LogP contribution >= 0.6 is 0 Å². The Morgan fingerprint density at radius 1 is 0.719 bits per heavy atom. The number of nitrogen functional groups attached to an aromatic ring is 2. The van der Waals surface area contributed by atoms with Gasteiger partial charge in [0.15, 0.2) is 23.1 Å². The lowest BCUT2D eigenvalue weighted by Gasteiger charge is -2.25. The first-order chi connectivity index (χ1) is 15.6. The lowest BCUT2D eigenvalue weighted by atomic mass is 9.82. The second kappa shape index (κ2) is 7.74. The van der Waals surface area contributed by atoms with E-state index in [2.05, 4.69) is 0 Å². The van der Waals surface area contributed by atoms with Gasteiger partial charge in [0.25, 0.3) is 0 Å². The summed E-state index contributed by atoms with van der Waals surface area (Å²) >= 11 is 0. The number of ether oxygens (including phenoxy) is 2. The van der Waals surface area contributed by atoms with E-state index in [9.17, 15) is 9.59 Å². The molecule has 0 aromatic heterocycles. The fourth-order valence-electron chi connectivity index (χ4n) is 3.97. The van der Waals surface area contributed by atoms with Gasteiger partial charge in [-0.1, -0.05) is 54.6 Å². The lowest BCUT2D eigenvalue weighted by Crippen LogP contribution is -2.24. The maximum absolute atomic E-state index is 13.3. The van der Waals surface area contributed by atoms with Gasteiger partial charge < -0.3 is 20.9 Å². The number of benzene rings is 3. The molecule has 0 saturated heterocycles. The molecule has 0 fully saturated rings. The molecule has 0 heterocycles. The number of para-hydroxylation sites is 1. The van der Waals surface area contributed by atoms with Crippen LogP contribution in [0.4, 0.5) is 11.4 Å². The molecule has 32 heavy (non-hydrogen) atoms. The SMILES string of the molecule is Nc1c(OC2=CC=CCC2)c(Oc2ccccc2)c(N)c2c1C(=O)c1ccccc1C2=O. The summed E-state index contributed by atoms with van der Waals surface area (Å²) in [6, 6.07) is 15.6. The Bertz CT molecular complexity index is 1320. The number of hydrogen-bond acceptors (Lipinski definition) is 6. The third-order valence-corrected chi connectivity index (χ3v) is 5.53. The molecule has 0 radical (unpaired) electrons. The zero-order valence-corrected chi connectivity index (χ0v) is 17.1. The molecule has 2 aliphatic rings. The van der Waals surface area contributed by atoms with Crippen LogP contribution in [0.15, 0.2) is 78.6 Å². The molecule has 0 amide bonds. The summed E-state index contributed by atoms with van der Waals surface area (Å²) in [6.07, 6.45) is 7.21. The van der Waals surface area contributed by atoms with Crippen molar-refractivity contribution in [2.45, 2.75) is 12.8 Å². The van der Waals surface area contributed by atoms with E-state index in [4.69, 9.17) is 20.9 Å². The highest BCUT2D eigenvalue weighted by Gasteiger charge is 2.37. The summed E-state index contributed by atoms with van der Waals surface area (Å²) in [4.78, 5) is 26.7. The topological polar surface area (TPSA) is 105 Å². The van der Waals surface area contributed by atoms with E-state index in [0.717, 1.165) is 6.42 Å². The van der Waals surface area contributed by atoms with Crippen LogP contribution in [0.5, 0.6) is 17.2 Å². The number of anilines is 2. The molecule has 4 N–H and O–H groups in total. The molecule has 158 valence electrons. The molecule has 3 aromatic carbocycles. The van der Waals surface area contributed by atoms with E-state index in [1.54, 1.807) is 36.4 Å². The normalized spacial score (nSPS) is 14.4. The number of carbonyl (C=O) groups excluding carboxylic acids is 2. The third-order valence-electron chi connectivity index (χ3n) is 5.53. The van der Waals surface area contributed by atoms with Crippen LogP contribution in [0.2, 0.25) is 0 Å². The van der Waals surface area contributed by atoms with Crippen molar-refractivity contribution in [2.24, 2.45) is 0 Å². The van der Waals surface area contributed by atoms with Crippen molar-refractivity contribution < 1.29 is 19.1 Å². The minimum Gasteiger partial charge on any atom is -0.455 e. The zero-order chi connectivity index (χ0) is 22.2. The van der Waals surface area contributed by atoms with Crippen molar-refractivity contribution in [3.63, 3.8) is 0 Å². The van der Waals surface area contributed by atoms with E-state index >= 15 is 0 Å². The molecule has 0 bridgehead atoms. The highest BCUT2D eigenvalue weighted by Crippen LogP contribution is 2.49. The summed E-state index contributed by atoms with van der Waals surface area (Å²) in [7, 11) is 0. The summed E-state index contributed by atoms with van der Waals surface area (Å²) in [5, 5.41) is 0. The predicted octanol–water partition coefficient (Wildman–Crippen LogP) is 5.03. The standard InChI is InChI=1S/C26H20N2O4/c27-21-19-20(24(30)18-14-8-7-13-17(18)23(19)29)22(28)26(32-16-11-5-2-6-12-16)25(21)31-15-9-3-1-4-10-15/h1-5,7-11,13-14H,6,12,27-28H2. The highest BCUT2D eigenvalue weighted by molar-refractivity contribution is 6.32. The summed E-state index contributed by atoms with van der Waals surface area (Å²) in [5.74, 6) is 0.662. The Kier molecular flexibility index (Phi) is 4.75. The monoisotopic (exact) mass is 424 g/mol. The van der Waals surface area contributed by atoms with Gasteiger partial charge >= 0.3 is 0 Å². The minimum atomic E-state index is -0.372. The number of nitrogens with two attached hydrogens (primary N) is 2. The molecule has 0 unspecified atom stereocenters. The van der Waals surface area contributed by atoms with Crippen molar-refractivity contribution in [3.05, 3.63) is 101 Å². The van der Waals surface area contributed by atoms with Crippen molar-refractivity contribution in [2.75, 3.05) is 11.5 Å². The van der Waals surface area contributed by atoms with Gasteiger partial charge in [0.1, 0.15) is 11.5 Å². The van der Waals surface area contributed by atoms with Crippen LogP contribution in [0.3, 0.4) is 0 Å². The minimum absolute atomic E-state index is 0.0212. The van der Waals surface area contributed by atoms with Gasteiger partial charge in [0, 0.05) is 17.5 Å². The second-order valence-electron chi connectivity index (χ2n) is 7.56. The quantitative estimate of drug-likeness (QED) is 0.445. The van der Waals surface area contributed by atoms with E-state index in [1.807, 2.05) is 36.4 Å². The van der Waals surface area contributed by atoms with Gasteiger partial charge in [0.05, 0.1) is 22.5 Å². The molecule has 0 saturated carbocycles. The van der Waals surface area contributed by atoms with Crippen LogP contribution < -0.4 is 20.9 Å². The van der Waals surface area contributed by atoms with Crippen LogP contribution in [0.1, 0.15) is 44.7 Å². The summed E-state index contributed by atoms with van der Waals surface area (Å²) in [5.41, 5.74) is 13.7. The van der Waals surface area contributed by atoms with Crippen molar-refractivity contribution in [1.82, 2.24) is 0 Å². The zero-order valence-electron chi connectivity index (χ0n) is 17.1. The van der Waals surface area contributed by atoms with Crippen LogP contribution in [-0.4, -0.2) is 11.6 Å². The van der Waals surface area contributed by atoms with Crippen LogP contribution in [0, 0.1) is 0 Å². The number of carbonyl (C=O) groups is 2. The molecule has 3 aromatic rings. The fourth-order valence-corrected chi connectivity index (χ4v) is 3.97. The number of ketones is 2. The van der Waals surface area contributed by atoms with Gasteiger partial charge in [-0.15, -0.1) is 0 Å². The van der Waals surface area contributed by atoms with Crippen LogP contribution in [0.25, 0.3) is 0 Å². The van der Waals surface area contributed by atoms with E-state index in [0.29, 0.717) is 23.5 Å². The fraction of sp³-hybridized carbons (Fsp3) is 0.0769. The van der Waals surface area contributed by atoms with Gasteiger partial charge in [-0.3, -0.25) is 9.59 Å². The maximum Gasteiger partial charge on any atom is 0.196 e. The van der Waals surface area contributed by atoms with Gasteiger partial charge in [0.2, 0.25) is 0 Å². The molecule has 6 nitrogen and oxygen atoms in total. The smallest absolute Gasteiger partial charge is 0.196 e. The molecule has 5 rings (SSSR count). The molecular weight excluding hydrogens is 404 g/mol. The average Bonchev–Trinajstić information content (AvgIpc) is 2.83. The predicted molar refractivity (Wildman–Crippen MR) is 122 cm³/mol. The number of allylic oxidation sites excluding steroid dienone is 4. The second-order valence-corrected chi connectivity index (χ2v) is 7.56. The lowest BCUT2D eigenvalue weighted by molar-refractivity contribution is 0.0980. The van der Waals surface area contributed by atoms with Crippen molar-refractivity contribution in [1.29, 1.82) is 0 Å². The molecular formula is C26H20N2O4. The van der Waals surface area contributed by atoms with Gasteiger partial charge in [-0.25, -0.2) is 0 Å². The number of fused-ring (bicyclic) bond motifs is 2. The summed E-state index contributed by atoms with van der Waals surface area (Å²) in [6.45, 7) is 0. The molecule has 6 heteroatoms. The number of rotatable bonds is 4. The van der Waals surface area contributed by atoms with E-state index in [-0.39, 0.29) is 51.1 Å². The Hall–Kier alpha value is -4.32. The third kappa shape index (κ3) is 3.13.